The van der Waals surface area contributed by atoms with Crippen molar-refractivity contribution in [3.63, 3.8) is 0 Å². The molecule has 2 aromatic rings. The highest BCUT2D eigenvalue weighted by Crippen LogP contribution is 2.23. The van der Waals surface area contributed by atoms with Crippen LogP contribution in [0.15, 0.2) is 41.6 Å². The Balaban J connectivity index is 1.75. The van der Waals surface area contributed by atoms with Gasteiger partial charge in [0.1, 0.15) is 0 Å². The maximum absolute atomic E-state index is 12.9. The fourth-order valence-electron chi connectivity index (χ4n) is 2.95. The molecule has 10 heteroatoms. The van der Waals surface area contributed by atoms with E-state index in [0.29, 0.717) is 32.1 Å². The minimum Gasteiger partial charge on any atom is -0.337 e. The molecule has 0 aliphatic carbocycles. The van der Waals surface area contributed by atoms with Crippen LogP contribution in [0.25, 0.3) is 0 Å². The number of nitrogens with one attached hydrogen (secondary N) is 1. The summed E-state index contributed by atoms with van der Waals surface area (Å²) in [5, 5.41) is 0.224. The Bertz CT molecular complexity index is 945. The van der Waals surface area contributed by atoms with Gasteiger partial charge in [-0.1, -0.05) is 11.6 Å². The molecule has 1 saturated heterocycles. The van der Waals surface area contributed by atoms with Crippen molar-refractivity contribution in [2.24, 2.45) is 0 Å². The van der Waals surface area contributed by atoms with E-state index in [-0.39, 0.29) is 27.4 Å². The zero-order chi connectivity index (χ0) is 20.3. The Morgan fingerprint density at radius 2 is 1.79 bits per heavy atom. The first-order chi connectivity index (χ1) is 13.3. The van der Waals surface area contributed by atoms with Gasteiger partial charge in [0.2, 0.25) is 16.0 Å². The molecule has 0 bridgehead atoms. The standard InChI is InChI=1S/C18H22ClN5O3S/c1-13(2)22-28(26,27)14-4-5-16(19)15(12-14)17(25)23-8-10-24(11-9-23)18-20-6-3-7-21-18/h3-7,12-13,22H,8-11H2,1-2H3. The van der Waals surface area contributed by atoms with Gasteiger partial charge in [0.25, 0.3) is 5.91 Å². The van der Waals surface area contributed by atoms with Gasteiger partial charge in [-0.2, -0.15) is 0 Å². The van der Waals surface area contributed by atoms with E-state index < -0.39 is 10.0 Å². The molecule has 0 unspecified atom stereocenters. The second kappa shape index (κ2) is 8.42. The van der Waals surface area contributed by atoms with Crippen molar-refractivity contribution in [2.75, 3.05) is 31.1 Å². The quantitative estimate of drug-likeness (QED) is 0.787. The van der Waals surface area contributed by atoms with Crippen LogP contribution in [-0.4, -0.2) is 61.4 Å². The highest BCUT2D eigenvalue weighted by atomic mass is 35.5. The molecular weight excluding hydrogens is 402 g/mol. The normalized spacial score (nSPS) is 15.1. The van der Waals surface area contributed by atoms with Crippen LogP contribution in [0.4, 0.5) is 5.95 Å². The predicted octanol–water partition coefficient (Wildman–Crippen LogP) is 1.78. The molecule has 1 aliphatic heterocycles. The van der Waals surface area contributed by atoms with Gasteiger partial charge in [0.05, 0.1) is 15.5 Å². The van der Waals surface area contributed by atoms with Gasteiger partial charge in [-0.15, -0.1) is 0 Å². The van der Waals surface area contributed by atoms with Crippen molar-refractivity contribution in [1.82, 2.24) is 19.6 Å². The first kappa shape index (κ1) is 20.5. The highest BCUT2D eigenvalue weighted by molar-refractivity contribution is 7.89. The van der Waals surface area contributed by atoms with E-state index in [0.717, 1.165) is 0 Å². The van der Waals surface area contributed by atoms with Gasteiger partial charge in [-0.05, 0) is 38.1 Å². The maximum Gasteiger partial charge on any atom is 0.255 e. The summed E-state index contributed by atoms with van der Waals surface area (Å²) in [5.74, 6) is 0.334. The summed E-state index contributed by atoms with van der Waals surface area (Å²) in [6.07, 6.45) is 3.35. The van der Waals surface area contributed by atoms with Crippen molar-refractivity contribution < 1.29 is 13.2 Å². The summed E-state index contributed by atoms with van der Waals surface area (Å²) in [6, 6.07) is 5.67. The summed E-state index contributed by atoms with van der Waals surface area (Å²) in [4.78, 5) is 25.1. The minimum absolute atomic E-state index is 0.0188. The number of nitrogens with zero attached hydrogens (tertiary/aromatic N) is 4. The topological polar surface area (TPSA) is 95.5 Å². The van der Waals surface area contributed by atoms with Gasteiger partial charge in [0, 0.05) is 44.6 Å². The van der Waals surface area contributed by atoms with Gasteiger partial charge in [-0.25, -0.2) is 23.1 Å². The van der Waals surface area contributed by atoms with E-state index in [1.54, 1.807) is 37.2 Å². The van der Waals surface area contributed by atoms with E-state index in [1.807, 2.05) is 4.90 Å². The molecule has 0 saturated carbocycles. The lowest BCUT2D eigenvalue weighted by atomic mass is 10.2. The van der Waals surface area contributed by atoms with Crippen LogP contribution in [0.2, 0.25) is 5.02 Å². The third kappa shape index (κ3) is 4.60. The Morgan fingerprint density at radius 1 is 1.14 bits per heavy atom. The molecule has 0 spiro atoms. The predicted molar refractivity (Wildman–Crippen MR) is 107 cm³/mol. The molecule has 8 nitrogen and oxygen atoms in total. The number of piperazine rings is 1. The average Bonchev–Trinajstić information content (AvgIpc) is 2.67. The van der Waals surface area contributed by atoms with Crippen LogP contribution in [0.3, 0.4) is 0 Å². The molecule has 0 atom stereocenters. The van der Waals surface area contributed by atoms with Gasteiger partial charge in [-0.3, -0.25) is 4.79 Å². The number of amides is 1. The van der Waals surface area contributed by atoms with E-state index in [2.05, 4.69) is 14.7 Å². The molecule has 1 aliphatic rings. The molecule has 0 radical (unpaired) electrons. The number of halogens is 1. The largest absolute Gasteiger partial charge is 0.337 e. The Hall–Kier alpha value is -2.23. The molecule has 2 heterocycles. The van der Waals surface area contributed by atoms with E-state index in [1.165, 1.54) is 18.2 Å². The molecule has 3 rings (SSSR count). The fraction of sp³-hybridized carbons (Fsp3) is 0.389. The Labute approximate surface area is 169 Å². The van der Waals surface area contributed by atoms with Gasteiger partial charge < -0.3 is 9.80 Å². The molecule has 1 aromatic carbocycles. The van der Waals surface area contributed by atoms with Crippen LogP contribution in [0.5, 0.6) is 0 Å². The molecule has 28 heavy (non-hydrogen) atoms. The number of hydrogen-bond donors (Lipinski definition) is 1. The Morgan fingerprint density at radius 3 is 2.39 bits per heavy atom. The number of anilines is 1. The average molecular weight is 424 g/mol. The maximum atomic E-state index is 12.9. The van der Waals surface area contributed by atoms with Crippen LogP contribution in [-0.2, 0) is 10.0 Å². The molecule has 1 N–H and O–H groups in total. The third-order valence-corrected chi connectivity index (χ3v) is 6.26. The summed E-state index contributed by atoms with van der Waals surface area (Å²) in [7, 11) is -3.71. The molecule has 1 fully saturated rings. The summed E-state index contributed by atoms with van der Waals surface area (Å²) in [5.41, 5.74) is 0.178. The smallest absolute Gasteiger partial charge is 0.255 e. The van der Waals surface area contributed by atoms with Crippen LogP contribution >= 0.6 is 11.6 Å². The van der Waals surface area contributed by atoms with Crippen molar-refractivity contribution in [3.8, 4) is 0 Å². The van der Waals surface area contributed by atoms with Crippen molar-refractivity contribution in [2.45, 2.75) is 24.8 Å². The number of carbonyl (C=O) groups excluding carboxylic acids is 1. The zero-order valence-corrected chi connectivity index (χ0v) is 17.2. The number of benzene rings is 1. The number of sulfonamides is 1. The van der Waals surface area contributed by atoms with Crippen LogP contribution < -0.4 is 9.62 Å². The lowest BCUT2D eigenvalue weighted by Gasteiger charge is -2.34. The minimum atomic E-state index is -3.71. The second-order valence-corrected chi connectivity index (χ2v) is 8.87. The van der Waals surface area contributed by atoms with Crippen molar-refractivity contribution in [3.05, 3.63) is 47.2 Å². The first-order valence-corrected chi connectivity index (χ1v) is 10.8. The third-order valence-electron chi connectivity index (χ3n) is 4.27. The zero-order valence-electron chi connectivity index (χ0n) is 15.7. The molecular formula is C18H22ClN5O3S. The number of rotatable bonds is 5. The summed E-state index contributed by atoms with van der Waals surface area (Å²) < 4.78 is 27.3. The monoisotopic (exact) mass is 423 g/mol. The van der Waals surface area contributed by atoms with Crippen molar-refractivity contribution >= 4 is 33.5 Å². The molecule has 1 aromatic heterocycles. The summed E-state index contributed by atoms with van der Waals surface area (Å²) >= 11 is 6.20. The molecule has 150 valence electrons. The first-order valence-electron chi connectivity index (χ1n) is 8.91. The van der Waals surface area contributed by atoms with E-state index in [4.69, 9.17) is 11.6 Å². The van der Waals surface area contributed by atoms with E-state index >= 15 is 0 Å². The fourth-order valence-corrected chi connectivity index (χ4v) is 4.42. The van der Waals surface area contributed by atoms with Gasteiger partial charge in [0.15, 0.2) is 0 Å². The number of hydrogen-bond acceptors (Lipinski definition) is 6. The highest BCUT2D eigenvalue weighted by Gasteiger charge is 2.26. The molecule has 1 amide bonds. The van der Waals surface area contributed by atoms with Crippen LogP contribution in [0.1, 0.15) is 24.2 Å². The van der Waals surface area contributed by atoms with Gasteiger partial charge >= 0.3 is 0 Å². The van der Waals surface area contributed by atoms with Crippen LogP contribution in [0, 0.1) is 0 Å². The lowest BCUT2D eigenvalue weighted by Crippen LogP contribution is -2.49. The second-order valence-electron chi connectivity index (χ2n) is 6.75. The lowest BCUT2D eigenvalue weighted by molar-refractivity contribution is 0.0746. The number of aromatic nitrogens is 2. The van der Waals surface area contributed by atoms with E-state index in [9.17, 15) is 13.2 Å². The van der Waals surface area contributed by atoms with Crippen molar-refractivity contribution in [1.29, 1.82) is 0 Å². The number of carbonyl (C=O) groups is 1. The Kier molecular flexibility index (Phi) is 6.17. The summed E-state index contributed by atoms with van der Waals surface area (Å²) in [6.45, 7) is 5.56. The SMILES string of the molecule is CC(C)NS(=O)(=O)c1ccc(Cl)c(C(=O)N2CCN(c3ncccn3)CC2)c1.